The lowest BCUT2D eigenvalue weighted by Gasteiger charge is -2.26. The first-order valence-corrected chi connectivity index (χ1v) is 4.54. The van der Waals surface area contributed by atoms with Gasteiger partial charge >= 0.3 is 0 Å². The monoisotopic (exact) mass is 195 g/mol. The van der Waals surface area contributed by atoms with Crippen molar-refractivity contribution < 1.29 is 4.52 Å². The van der Waals surface area contributed by atoms with Gasteiger partial charge in [-0.25, -0.2) is 0 Å². The van der Waals surface area contributed by atoms with Gasteiger partial charge in [0.2, 0.25) is 5.76 Å². The van der Waals surface area contributed by atoms with Crippen LogP contribution in [0.1, 0.15) is 5.76 Å². The zero-order valence-electron chi connectivity index (χ0n) is 7.79. The van der Waals surface area contributed by atoms with E-state index in [0.29, 0.717) is 5.76 Å². The summed E-state index contributed by atoms with van der Waals surface area (Å²) in [7, 11) is 0. The normalized spacial score (nSPS) is 17.0. The summed E-state index contributed by atoms with van der Waals surface area (Å²) in [5.74, 6) is 1.01. The Morgan fingerprint density at radius 2 is 2.29 bits per heavy atom. The van der Waals surface area contributed by atoms with Crippen LogP contribution < -0.4 is 16.0 Å². The molecule has 1 aromatic rings. The van der Waals surface area contributed by atoms with Crippen molar-refractivity contribution in [2.45, 2.75) is 0 Å². The van der Waals surface area contributed by atoms with Gasteiger partial charge in [0.25, 0.3) is 0 Å². The van der Waals surface area contributed by atoms with E-state index in [0.717, 1.165) is 32.0 Å². The molecule has 0 unspecified atom stereocenters. The topological polar surface area (TPSA) is 91.2 Å². The van der Waals surface area contributed by atoms with E-state index in [9.17, 15) is 0 Å². The van der Waals surface area contributed by atoms with E-state index < -0.39 is 0 Å². The Kier molecular flexibility index (Phi) is 2.36. The molecule has 0 bridgehead atoms. The average Bonchev–Trinajstić information content (AvgIpc) is 2.68. The van der Waals surface area contributed by atoms with Crippen LogP contribution in [0.2, 0.25) is 0 Å². The minimum Gasteiger partial charge on any atom is -0.381 e. The van der Waals surface area contributed by atoms with E-state index in [1.165, 1.54) is 0 Å². The molecule has 2 rings (SSSR count). The summed E-state index contributed by atoms with van der Waals surface area (Å²) in [6.45, 7) is 3.71. The van der Waals surface area contributed by atoms with Crippen molar-refractivity contribution in [3.05, 3.63) is 11.8 Å². The highest BCUT2D eigenvalue weighted by Crippen LogP contribution is 2.14. The van der Waals surface area contributed by atoms with E-state index >= 15 is 0 Å². The first-order valence-electron chi connectivity index (χ1n) is 4.54. The van der Waals surface area contributed by atoms with Crippen LogP contribution in [0.3, 0.4) is 0 Å². The molecule has 1 fully saturated rings. The van der Waals surface area contributed by atoms with Crippen LogP contribution in [0.25, 0.3) is 0 Å². The van der Waals surface area contributed by atoms with Crippen molar-refractivity contribution in [2.24, 2.45) is 5.73 Å². The molecule has 0 aromatic carbocycles. The van der Waals surface area contributed by atoms with Crippen LogP contribution >= 0.6 is 0 Å². The number of nitrogens with two attached hydrogens (primary N) is 1. The number of nitrogen functional groups attached to an aromatic ring is 1. The molecule has 0 atom stereocenters. The molecular weight excluding hydrogens is 182 g/mol. The molecule has 6 nitrogen and oxygen atoms in total. The third-order valence-electron chi connectivity index (χ3n) is 2.20. The van der Waals surface area contributed by atoms with Gasteiger partial charge in [0.15, 0.2) is 11.7 Å². The quantitative estimate of drug-likeness (QED) is 0.431. The Morgan fingerprint density at radius 1 is 1.57 bits per heavy atom. The molecule has 2 heterocycles. The summed E-state index contributed by atoms with van der Waals surface area (Å²) >= 11 is 0. The summed E-state index contributed by atoms with van der Waals surface area (Å²) in [5.41, 5.74) is 5.28. The number of amidine groups is 1. The standard InChI is InChI=1S/C8H13N5O/c9-8(10)6-5-7(12-14-6)13-3-1-11-2-4-13/h5,11H,1-4H2,(H3,9,10). The van der Waals surface area contributed by atoms with Gasteiger partial charge in [-0.05, 0) is 0 Å². The molecule has 0 saturated carbocycles. The van der Waals surface area contributed by atoms with E-state index in [2.05, 4.69) is 15.4 Å². The maximum atomic E-state index is 7.18. The smallest absolute Gasteiger partial charge is 0.203 e. The molecule has 1 aliphatic rings. The Balaban J connectivity index is 2.11. The fraction of sp³-hybridized carbons (Fsp3) is 0.500. The van der Waals surface area contributed by atoms with Crippen LogP contribution in [0.15, 0.2) is 10.6 Å². The van der Waals surface area contributed by atoms with Crippen molar-refractivity contribution in [3.8, 4) is 0 Å². The van der Waals surface area contributed by atoms with E-state index in [4.69, 9.17) is 15.7 Å². The predicted octanol–water partition coefficient (Wildman–Crippen LogP) is -0.632. The molecule has 76 valence electrons. The summed E-state index contributed by atoms with van der Waals surface area (Å²) in [4.78, 5) is 2.10. The Morgan fingerprint density at radius 3 is 2.86 bits per heavy atom. The van der Waals surface area contributed by atoms with Gasteiger partial charge in [-0.2, -0.15) is 0 Å². The fourth-order valence-electron chi connectivity index (χ4n) is 1.44. The minimum atomic E-state index is -0.0844. The molecule has 0 spiro atoms. The number of hydrogen-bond donors (Lipinski definition) is 3. The molecule has 14 heavy (non-hydrogen) atoms. The van der Waals surface area contributed by atoms with Crippen molar-refractivity contribution in [1.82, 2.24) is 10.5 Å². The van der Waals surface area contributed by atoms with Crippen molar-refractivity contribution in [1.29, 1.82) is 5.41 Å². The lowest BCUT2D eigenvalue weighted by molar-refractivity contribution is 0.410. The Labute approximate surface area is 81.6 Å². The molecule has 6 heteroatoms. The van der Waals surface area contributed by atoms with Gasteiger partial charge in [-0.1, -0.05) is 5.16 Å². The van der Waals surface area contributed by atoms with Gasteiger partial charge in [0.1, 0.15) is 0 Å². The number of aromatic nitrogens is 1. The second-order valence-electron chi connectivity index (χ2n) is 3.20. The molecule has 0 radical (unpaired) electrons. The number of anilines is 1. The van der Waals surface area contributed by atoms with Crippen LogP contribution in [0, 0.1) is 5.41 Å². The number of piperazine rings is 1. The number of nitrogens with one attached hydrogen (secondary N) is 2. The van der Waals surface area contributed by atoms with Crippen LogP contribution in [-0.4, -0.2) is 37.2 Å². The molecule has 0 amide bonds. The maximum Gasteiger partial charge on any atom is 0.203 e. The SMILES string of the molecule is N=C(N)c1cc(N2CCNCC2)no1. The highest BCUT2D eigenvalue weighted by molar-refractivity contribution is 5.92. The molecule has 1 saturated heterocycles. The van der Waals surface area contributed by atoms with Crippen molar-refractivity contribution in [2.75, 3.05) is 31.1 Å². The first-order chi connectivity index (χ1) is 6.77. The lowest BCUT2D eigenvalue weighted by Crippen LogP contribution is -2.43. The van der Waals surface area contributed by atoms with E-state index in [-0.39, 0.29) is 5.84 Å². The molecular formula is C8H13N5O. The molecule has 4 N–H and O–H groups in total. The number of rotatable bonds is 2. The van der Waals surface area contributed by atoms with Gasteiger partial charge in [0, 0.05) is 32.2 Å². The van der Waals surface area contributed by atoms with E-state index in [1.54, 1.807) is 6.07 Å². The van der Waals surface area contributed by atoms with Crippen LogP contribution in [-0.2, 0) is 0 Å². The second-order valence-corrected chi connectivity index (χ2v) is 3.20. The van der Waals surface area contributed by atoms with Gasteiger partial charge < -0.3 is 20.5 Å². The van der Waals surface area contributed by atoms with Crippen molar-refractivity contribution in [3.63, 3.8) is 0 Å². The van der Waals surface area contributed by atoms with Crippen LogP contribution in [0.5, 0.6) is 0 Å². The molecule has 1 aliphatic heterocycles. The number of hydrogen-bond acceptors (Lipinski definition) is 5. The van der Waals surface area contributed by atoms with Crippen LogP contribution in [0.4, 0.5) is 5.82 Å². The average molecular weight is 195 g/mol. The Hall–Kier alpha value is -1.56. The lowest BCUT2D eigenvalue weighted by atomic mass is 10.3. The summed E-state index contributed by atoms with van der Waals surface area (Å²) in [6.07, 6.45) is 0. The summed E-state index contributed by atoms with van der Waals surface area (Å²) in [6, 6.07) is 1.70. The van der Waals surface area contributed by atoms with Crippen molar-refractivity contribution >= 4 is 11.7 Å². The second kappa shape index (κ2) is 3.67. The fourth-order valence-corrected chi connectivity index (χ4v) is 1.44. The molecule has 0 aliphatic carbocycles. The third-order valence-corrected chi connectivity index (χ3v) is 2.20. The highest BCUT2D eigenvalue weighted by Gasteiger charge is 2.15. The number of nitrogens with zero attached hydrogens (tertiary/aromatic N) is 2. The zero-order chi connectivity index (χ0) is 9.97. The van der Waals surface area contributed by atoms with Gasteiger partial charge in [-0.15, -0.1) is 0 Å². The first kappa shape index (κ1) is 9.01. The summed E-state index contributed by atoms with van der Waals surface area (Å²) < 4.78 is 4.92. The van der Waals surface area contributed by atoms with E-state index in [1.807, 2.05) is 0 Å². The largest absolute Gasteiger partial charge is 0.381 e. The predicted molar refractivity (Wildman–Crippen MR) is 52.6 cm³/mol. The Bertz CT molecular complexity index is 328. The maximum absolute atomic E-state index is 7.18. The highest BCUT2D eigenvalue weighted by atomic mass is 16.5. The summed E-state index contributed by atoms with van der Waals surface area (Å²) in [5, 5.41) is 14.3. The van der Waals surface area contributed by atoms with Gasteiger partial charge in [0.05, 0.1) is 0 Å². The zero-order valence-corrected chi connectivity index (χ0v) is 7.79. The third kappa shape index (κ3) is 1.69. The molecule has 1 aromatic heterocycles. The minimum absolute atomic E-state index is 0.0844. The van der Waals surface area contributed by atoms with Gasteiger partial charge in [-0.3, -0.25) is 5.41 Å².